The molecule has 1 aliphatic rings. The first-order valence-electron chi connectivity index (χ1n) is 6.09. The van der Waals surface area contributed by atoms with Gasteiger partial charge in [0, 0.05) is 37.6 Å². The number of likely N-dealkylation sites (tertiary alicyclic amines) is 1. The lowest BCUT2D eigenvalue weighted by Gasteiger charge is -2.20. The van der Waals surface area contributed by atoms with Gasteiger partial charge < -0.3 is 5.11 Å². The molecule has 0 saturated carbocycles. The standard InChI is InChI=1S/C12H14F2N4O/c13-12(14)4-10(7-19)18(8-12)6-9-5-17-3-1-2-15-11(17)16-9/h1-3,5,10,19H,4,6-8H2. The molecule has 0 aromatic carbocycles. The molecule has 0 aliphatic carbocycles. The maximum atomic E-state index is 13.3. The second kappa shape index (κ2) is 4.50. The third kappa shape index (κ3) is 2.43. The highest BCUT2D eigenvalue weighted by atomic mass is 19.3. The number of alkyl halides is 2. The molecule has 3 heterocycles. The fraction of sp³-hybridized carbons (Fsp3) is 0.500. The minimum atomic E-state index is -2.73. The predicted octanol–water partition coefficient (Wildman–Crippen LogP) is 0.931. The van der Waals surface area contributed by atoms with Crippen molar-refractivity contribution in [2.24, 2.45) is 0 Å². The Balaban J connectivity index is 1.80. The predicted molar refractivity (Wildman–Crippen MR) is 63.8 cm³/mol. The van der Waals surface area contributed by atoms with E-state index in [1.54, 1.807) is 34.0 Å². The molecule has 1 fully saturated rings. The summed E-state index contributed by atoms with van der Waals surface area (Å²) in [7, 11) is 0. The van der Waals surface area contributed by atoms with Gasteiger partial charge in [0.25, 0.3) is 5.92 Å². The van der Waals surface area contributed by atoms with Crippen LogP contribution in [0.3, 0.4) is 0 Å². The normalized spacial score (nSPS) is 23.2. The number of nitrogens with zero attached hydrogens (tertiary/aromatic N) is 4. The quantitative estimate of drug-likeness (QED) is 0.900. The summed E-state index contributed by atoms with van der Waals surface area (Å²) in [5.41, 5.74) is 0.676. The molecule has 2 aromatic rings. The molecule has 0 bridgehead atoms. The molecule has 0 radical (unpaired) electrons. The van der Waals surface area contributed by atoms with Gasteiger partial charge in [-0.05, 0) is 6.07 Å². The molecule has 1 atom stereocenters. The van der Waals surface area contributed by atoms with E-state index in [9.17, 15) is 13.9 Å². The van der Waals surface area contributed by atoms with Crippen molar-refractivity contribution in [2.45, 2.75) is 24.9 Å². The van der Waals surface area contributed by atoms with Crippen molar-refractivity contribution in [2.75, 3.05) is 13.2 Å². The molecular weight excluding hydrogens is 254 g/mol. The number of aliphatic hydroxyl groups excluding tert-OH is 1. The molecule has 2 aromatic heterocycles. The number of aromatic nitrogens is 3. The van der Waals surface area contributed by atoms with Crippen LogP contribution in [0.5, 0.6) is 0 Å². The van der Waals surface area contributed by atoms with Crippen LogP contribution in [0.25, 0.3) is 5.78 Å². The van der Waals surface area contributed by atoms with Gasteiger partial charge >= 0.3 is 0 Å². The van der Waals surface area contributed by atoms with Gasteiger partial charge in [-0.2, -0.15) is 0 Å². The summed E-state index contributed by atoms with van der Waals surface area (Å²) < 4.78 is 28.4. The molecule has 5 nitrogen and oxygen atoms in total. The molecule has 19 heavy (non-hydrogen) atoms. The van der Waals surface area contributed by atoms with Crippen LogP contribution in [0.2, 0.25) is 0 Å². The Morgan fingerprint density at radius 1 is 1.47 bits per heavy atom. The highest BCUT2D eigenvalue weighted by molar-refractivity contribution is 5.29. The molecule has 7 heteroatoms. The van der Waals surface area contributed by atoms with Crippen molar-refractivity contribution in [1.82, 2.24) is 19.3 Å². The van der Waals surface area contributed by atoms with E-state index in [2.05, 4.69) is 9.97 Å². The minimum absolute atomic E-state index is 0.263. The first-order valence-corrected chi connectivity index (χ1v) is 6.09. The van der Waals surface area contributed by atoms with E-state index in [1.165, 1.54) is 0 Å². The number of aliphatic hydroxyl groups is 1. The maximum Gasteiger partial charge on any atom is 0.262 e. The van der Waals surface area contributed by atoms with Crippen LogP contribution in [0, 0.1) is 0 Å². The van der Waals surface area contributed by atoms with Gasteiger partial charge in [0.15, 0.2) is 0 Å². The average Bonchev–Trinajstić information content (AvgIpc) is 2.89. The van der Waals surface area contributed by atoms with Gasteiger partial charge in [-0.25, -0.2) is 18.7 Å². The number of hydrogen-bond donors (Lipinski definition) is 1. The lowest BCUT2D eigenvalue weighted by molar-refractivity contribution is 0.0111. The van der Waals surface area contributed by atoms with Gasteiger partial charge in [-0.1, -0.05) is 0 Å². The molecular formula is C12H14F2N4O. The smallest absolute Gasteiger partial charge is 0.262 e. The summed E-state index contributed by atoms with van der Waals surface area (Å²) in [6, 6.07) is 1.27. The number of fused-ring (bicyclic) bond motifs is 1. The largest absolute Gasteiger partial charge is 0.395 e. The molecule has 1 unspecified atom stereocenters. The van der Waals surface area contributed by atoms with Crippen molar-refractivity contribution in [3.8, 4) is 0 Å². The lowest BCUT2D eigenvalue weighted by Crippen LogP contribution is -2.32. The van der Waals surface area contributed by atoms with E-state index < -0.39 is 12.0 Å². The number of halogens is 2. The summed E-state index contributed by atoms with van der Waals surface area (Å²) in [5, 5.41) is 9.17. The summed E-state index contributed by atoms with van der Waals surface area (Å²) >= 11 is 0. The fourth-order valence-corrected chi connectivity index (χ4v) is 2.49. The van der Waals surface area contributed by atoms with Crippen LogP contribution in [-0.4, -0.2) is 49.5 Å². The van der Waals surface area contributed by atoms with Crippen LogP contribution in [0.4, 0.5) is 8.78 Å². The van der Waals surface area contributed by atoms with E-state index in [1.807, 2.05) is 0 Å². The second-order valence-corrected chi connectivity index (χ2v) is 4.86. The Morgan fingerprint density at radius 3 is 3.05 bits per heavy atom. The van der Waals surface area contributed by atoms with Crippen molar-refractivity contribution in [3.63, 3.8) is 0 Å². The van der Waals surface area contributed by atoms with Gasteiger partial charge in [0.2, 0.25) is 5.78 Å². The third-order valence-electron chi connectivity index (χ3n) is 3.35. The molecule has 1 N–H and O–H groups in total. The van der Waals surface area contributed by atoms with E-state index in [0.717, 1.165) is 0 Å². The van der Waals surface area contributed by atoms with Crippen LogP contribution in [0.15, 0.2) is 24.7 Å². The first-order chi connectivity index (χ1) is 9.07. The van der Waals surface area contributed by atoms with Crippen molar-refractivity contribution >= 4 is 5.78 Å². The maximum absolute atomic E-state index is 13.3. The van der Waals surface area contributed by atoms with Crippen LogP contribution < -0.4 is 0 Å². The molecule has 0 amide bonds. The first kappa shape index (κ1) is 12.4. The highest BCUT2D eigenvalue weighted by Crippen LogP contribution is 2.32. The summed E-state index contributed by atoms with van der Waals surface area (Å²) in [5.74, 6) is -2.19. The SMILES string of the molecule is OCC1CC(F)(F)CN1Cc1cn2cccnc2n1. The Morgan fingerprint density at radius 2 is 2.32 bits per heavy atom. The molecule has 0 spiro atoms. The fourth-order valence-electron chi connectivity index (χ4n) is 2.49. The van der Waals surface area contributed by atoms with Crippen LogP contribution in [0.1, 0.15) is 12.1 Å². The van der Waals surface area contributed by atoms with Gasteiger partial charge in [0.1, 0.15) is 0 Å². The lowest BCUT2D eigenvalue weighted by atomic mass is 10.2. The second-order valence-electron chi connectivity index (χ2n) is 4.86. The highest BCUT2D eigenvalue weighted by Gasteiger charge is 2.44. The van der Waals surface area contributed by atoms with Gasteiger partial charge in [0.05, 0.1) is 18.8 Å². The van der Waals surface area contributed by atoms with E-state index in [-0.39, 0.29) is 19.6 Å². The minimum Gasteiger partial charge on any atom is -0.395 e. The summed E-state index contributed by atoms with van der Waals surface area (Å²) in [4.78, 5) is 9.93. The summed E-state index contributed by atoms with van der Waals surface area (Å²) in [6.45, 7) is -0.301. The molecule has 3 rings (SSSR count). The average molecular weight is 268 g/mol. The zero-order valence-corrected chi connectivity index (χ0v) is 10.2. The Bertz CT molecular complexity index is 553. The number of hydrogen-bond acceptors (Lipinski definition) is 4. The Labute approximate surface area is 108 Å². The van der Waals surface area contributed by atoms with E-state index >= 15 is 0 Å². The van der Waals surface area contributed by atoms with Gasteiger partial charge in [-0.3, -0.25) is 9.30 Å². The summed E-state index contributed by atoms with van der Waals surface area (Å²) in [6.07, 6.45) is 4.91. The van der Waals surface area contributed by atoms with Crippen molar-refractivity contribution in [1.29, 1.82) is 0 Å². The number of imidazole rings is 1. The van der Waals surface area contributed by atoms with Crippen molar-refractivity contribution in [3.05, 3.63) is 30.4 Å². The van der Waals surface area contributed by atoms with Crippen LogP contribution >= 0.6 is 0 Å². The van der Waals surface area contributed by atoms with E-state index in [0.29, 0.717) is 18.0 Å². The van der Waals surface area contributed by atoms with E-state index in [4.69, 9.17) is 0 Å². The Hall–Kier alpha value is -1.60. The molecule has 1 saturated heterocycles. The van der Waals surface area contributed by atoms with Crippen molar-refractivity contribution < 1.29 is 13.9 Å². The van der Waals surface area contributed by atoms with Gasteiger partial charge in [-0.15, -0.1) is 0 Å². The monoisotopic (exact) mass is 268 g/mol. The van der Waals surface area contributed by atoms with Crippen LogP contribution in [-0.2, 0) is 6.54 Å². The topological polar surface area (TPSA) is 53.7 Å². The number of rotatable bonds is 3. The zero-order valence-electron chi connectivity index (χ0n) is 10.2. The zero-order chi connectivity index (χ0) is 13.5. The third-order valence-corrected chi connectivity index (χ3v) is 3.35. The molecule has 1 aliphatic heterocycles. The Kier molecular flexibility index (Phi) is 2.94. The molecule has 102 valence electrons.